The number of nitrogens with two attached hydrogens (primary N) is 1. The summed E-state index contributed by atoms with van der Waals surface area (Å²) in [7, 11) is 0. The predicted molar refractivity (Wildman–Crippen MR) is 75.3 cm³/mol. The Bertz CT molecular complexity index is 432. The molecule has 0 atom stereocenters. The maximum Gasteiger partial charge on any atom is 0.251 e. The number of carbonyl (C=O) groups is 1. The summed E-state index contributed by atoms with van der Waals surface area (Å²) in [5.41, 5.74) is 8.81. The van der Waals surface area contributed by atoms with Gasteiger partial charge in [0.1, 0.15) is 0 Å². The normalized spacial score (nSPS) is 13.3. The zero-order valence-electron chi connectivity index (χ0n) is 11.3. The Morgan fingerprint density at radius 2 is 2.11 bits per heavy atom. The van der Waals surface area contributed by atoms with Crippen LogP contribution in [0.15, 0.2) is 18.2 Å². The number of ether oxygens (including phenoxy) is 1. The predicted octanol–water partition coefficient (Wildman–Crippen LogP) is 1.27. The topological polar surface area (TPSA) is 64.3 Å². The molecule has 2 rings (SSSR count). The number of hydrogen-bond donors (Lipinski definition) is 2. The Morgan fingerprint density at radius 3 is 2.95 bits per heavy atom. The Hall–Kier alpha value is -1.39. The molecular weight excluding hydrogens is 240 g/mol. The molecule has 0 spiro atoms. The van der Waals surface area contributed by atoms with Crippen LogP contribution in [0, 0.1) is 0 Å². The summed E-state index contributed by atoms with van der Waals surface area (Å²) in [5.74, 6) is 0.00789. The minimum absolute atomic E-state index is 0.00789. The zero-order chi connectivity index (χ0) is 13.5. The molecule has 0 unspecified atom stereocenters. The van der Waals surface area contributed by atoms with Crippen molar-refractivity contribution in [3.05, 3.63) is 34.9 Å². The van der Waals surface area contributed by atoms with Crippen LogP contribution in [0.1, 0.15) is 34.3 Å². The summed E-state index contributed by atoms with van der Waals surface area (Å²) in [4.78, 5) is 12.0. The molecule has 0 heterocycles. The molecule has 0 saturated heterocycles. The van der Waals surface area contributed by atoms with Gasteiger partial charge in [-0.25, -0.2) is 0 Å². The Kier molecular flexibility index (Phi) is 5.36. The van der Waals surface area contributed by atoms with E-state index in [4.69, 9.17) is 10.5 Å². The molecule has 1 amide bonds. The lowest BCUT2D eigenvalue weighted by atomic mass is 10.1. The SMILES string of the molecule is NCCOCCCNC(=O)c1ccc2c(c1)CCC2. The van der Waals surface area contributed by atoms with E-state index in [1.165, 1.54) is 17.5 Å². The highest BCUT2D eigenvalue weighted by molar-refractivity contribution is 5.94. The number of carbonyl (C=O) groups excluding carboxylic acids is 1. The van der Waals surface area contributed by atoms with Crippen LogP contribution >= 0.6 is 0 Å². The monoisotopic (exact) mass is 262 g/mol. The number of aryl methyl sites for hydroxylation is 2. The molecule has 1 aliphatic rings. The second kappa shape index (κ2) is 7.26. The maximum absolute atomic E-state index is 12.0. The number of benzene rings is 1. The second-order valence-electron chi connectivity index (χ2n) is 4.85. The van der Waals surface area contributed by atoms with Crippen LogP contribution in [0.25, 0.3) is 0 Å². The summed E-state index contributed by atoms with van der Waals surface area (Å²) >= 11 is 0. The van der Waals surface area contributed by atoms with E-state index in [2.05, 4.69) is 11.4 Å². The molecule has 1 aromatic carbocycles. The van der Waals surface area contributed by atoms with Gasteiger partial charge in [0.15, 0.2) is 0 Å². The van der Waals surface area contributed by atoms with Crippen LogP contribution < -0.4 is 11.1 Å². The lowest BCUT2D eigenvalue weighted by molar-refractivity contribution is 0.0943. The van der Waals surface area contributed by atoms with Crippen LogP contribution in [0.2, 0.25) is 0 Å². The van der Waals surface area contributed by atoms with Crippen LogP contribution in [0.3, 0.4) is 0 Å². The fraction of sp³-hybridized carbons (Fsp3) is 0.533. The molecule has 0 fully saturated rings. The van der Waals surface area contributed by atoms with E-state index < -0.39 is 0 Å². The van der Waals surface area contributed by atoms with Crippen LogP contribution in [-0.2, 0) is 17.6 Å². The van der Waals surface area contributed by atoms with Gasteiger partial charge in [0, 0.05) is 25.3 Å². The van der Waals surface area contributed by atoms with Gasteiger partial charge < -0.3 is 15.8 Å². The first-order valence-corrected chi connectivity index (χ1v) is 6.99. The van der Waals surface area contributed by atoms with E-state index in [0.29, 0.717) is 26.3 Å². The van der Waals surface area contributed by atoms with E-state index in [-0.39, 0.29) is 5.91 Å². The van der Waals surface area contributed by atoms with Crippen molar-refractivity contribution in [2.24, 2.45) is 5.73 Å². The van der Waals surface area contributed by atoms with Gasteiger partial charge in [0.25, 0.3) is 5.91 Å². The average molecular weight is 262 g/mol. The molecule has 4 nitrogen and oxygen atoms in total. The Balaban J connectivity index is 1.74. The molecule has 0 aromatic heterocycles. The second-order valence-corrected chi connectivity index (χ2v) is 4.85. The first-order valence-electron chi connectivity index (χ1n) is 6.99. The maximum atomic E-state index is 12.0. The van der Waals surface area contributed by atoms with Crippen molar-refractivity contribution in [2.45, 2.75) is 25.7 Å². The van der Waals surface area contributed by atoms with Crippen LogP contribution in [0.4, 0.5) is 0 Å². The summed E-state index contributed by atoms with van der Waals surface area (Å²) in [6.07, 6.45) is 4.27. The largest absolute Gasteiger partial charge is 0.380 e. The number of hydrogen-bond acceptors (Lipinski definition) is 3. The quantitative estimate of drug-likeness (QED) is 0.727. The highest BCUT2D eigenvalue weighted by Crippen LogP contribution is 2.22. The van der Waals surface area contributed by atoms with E-state index >= 15 is 0 Å². The van der Waals surface area contributed by atoms with Crippen molar-refractivity contribution >= 4 is 5.91 Å². The third kappa shape index (κ3) is 4.04. The molecule has 0 radical (unpaired) electrons. The number of fused-ring (bicyclic) bond motifs is 1. The first-order chi connectivity index (χ1) is 9.31. The molecule has 0 saturated carbocycles. The Morgan fingerprint density at radius 1 is 1.26 bits per heavy atom. The van der Waals surface area contributed by atoms with Gasteiger partial charge in [0.05, 0.1) is 6.61 Å². The first kappa shape index (κ1) is 14.0. The Labute approximate surface area is 114 Å². The minimum Gasteiger partial charge on any atom is -0.380 e. The summed E-state index contributed by atoms with van der Waals surface area (Å²) in [6.45, 7) is 2.41. The van der Waals surface area contributed by atoms with Gasteiger partial charge in [-0.2, -0.15) is 0 Å². The average Bonchev–Trinajstić information content (AvgIpc) is 2.89. The summed E-state index contributed by atoms with van der Waals surface area (Å²) in [6, 6.07) is 6.04. The molecule has 0 aliphatic heterocycles. The van der Waals surface area contributed by atoms with Crippen molar-refractivity contribution in [3.8, 4) is 0 Å². The third-order valence-corrected chi connectivity index (χ3v) is 3.37. The van der Waals surface area contributed by atoms with E-state index in [0.717, 1.165) is 24.8 Å². The molecule has 4 heteroatoms. The van der Waals surface area contributed by atoms with Gasteiger partial charge in [-0.05, 0) is 48.9 Å². The molecule has 3 N–H and O–H groups in total. The van der Waals surface area contributed by atoms with E-state index in [9.17, 15) is 4.79 Å². The number of nitrogens with one attached hydrogen (secondary N) is 1. The van der Waals surface area contributed by atoms with Crippen molar-refractivity contribution < 1.29 is 9.53 Å². The van der Waals surface area contributed by atoms with Gasteiger partial charge in [-0.1, -0.05) is 6.07 Å². The van der Waals surface area contributed by atoms with Crippen molar-refractivity contribution in [1.29, 1.82) is 0 Å². The number of amides is 1. The van der Waals surface area contributed by atoms with Crippen molar-refractivity contribution in [1.82, 2.24) is 5.32 Å². The van der Waals surface area contributed by atoms with Crippen LogP contribution in [-0.4, -0.2) is 32.2 Å². The molecule has 1 aromatic rings. The standard InChI is InChI=1S/C15H22N2O2/c16-7-10-19-9-2-8-17-15(18)14-6-5-12-3-1-4-13(12)11-14/h5-6,11H,1-4,7-10,16H2,(H,17,18). The van der Waals surface area contributed by atoms with Gasteiger partial charge >= 0.3 is 0 Å². The lowest BCUT2D eigenvalue weighted by Gasteiger charge is -2.07. The molecular formula is C15H22N2O2. The fourth-order valence-electron chi connectivity index (χ4n) is 2.38. The summed E-state index contributed by atoms with van der Waals surface area (Å²) < 4.78 is 5.25. The molecule has 0 bridgehead atoms. The van der Waals surface area contributed by atoms with Gasteiger partial charge in [-0.3, -0.25) is 4.79 Å². The highest BCUT2D eigenvalue weighted by atomic mass is 16.5. The smallest absolute Gasteiger partial charge is 0.251 e. The van der Waals surface area contributed by atoms with E-state index in [1.54, 1.807) is 0 Å². The third-order valence-electron chi connectivity index (χ3n) is 3.37. The van der Waals surface area contributed by atoms with Crippen LogP contribution in [0.5, 0.6) is 0 Å². The zero-order valence-corrected chi connectivity index (χ0v) is 11.3. The van der Waals surface area contributed by atoms with Crippen molar-refractivity contribution in [2.75, 3.05) is 26.3 Å². The molecule has 1 aliphatic carbocycles. The molecule has 104 valence electrons. The fourth-order valence-corrected chi connectivity index (χ4v) is 2.38. The van der Waals surface area contributed by atoms with E-state index in [1.807, 2.05) is 12.1 Å². The van der Waals surface area contributed by atoms with Gasteiger partial charge in [-0.15, -0.1) is 0 Å². The minimum atomic E-state index is 0.00789. The highest BCUT2D eigenvalue weighted by Gasteiger charge is 2.13. The van der Waals surface area contributed by atoms with Crippen molar-refractivity contribution in [3.63, 3.8) is 0 Å². The summed E-state index contributed by atoms with van der Waals surface area (Å²) in [5, 5.41) is 2.92. The van der Waals surface area contributed by atoms with Gasteiger partial charge in [0.2, 0.25) is 0 Å². The number of rotatable bonds is 7. The molecule has 19 heavy (non-hydrogen) atoms. The lowest BCUT2D eigenvalue weighted by Crippen LogP contribution is -2.25.